The van der Waals surface area contributed by atoms with E-state index in [1.165, 1.54) is 0 Å². The molecule has 24 heavy (non-hydrogen) atoms. The van der Waals surface area contributed by atoms with Crippen molar-refractivity contribution in [3.8, 4) is 6.07 Å². The van der Waals surface area contributed by atoms with Gasteiger partial charge in [-0.3, -0.25) is 0 Å². The second-order valence-electron chi connectivity index (χ2n) is 5.16. The van der Waals surface area contributed by atoms with E-state index in [-0.39, 0.29) is 0 Å². The second-order valence-corrected chi connectivity index (χ2v) is 5.16. The van der Waals surface area contributed by atoms with Crippen LogP contribution in [-0.2, 0) is 4.74 Å². The van der Waals surface area contributed by atoms with Crippen molar-refractivity contribution in [1.29, 1.82) is 5.26 Å². The van der Waals surface area contributed by atoms with E-state index < -0.39 is 0 Å². The van der Waals surface area contributed by atoms with Crippen molar-refractivity contribution in [2.24, 2.45) is 4.99 Å². The van der Waals surface area contributed by atoms with E-state index in [0.717, 1.165) is 28.3 Å². The van der Waals surface area contributed by atoms with Gasteiger partial charge in [-0.15, -0.1) is 0 Å². The summed E-state index contributed by atoms with van der Waals surface area (Å²) in [5.41, 5.74) is 3.73. The number of hydrogen-bond acceptors (Lipinski definition) is 4. The molecular formula is C20H23N3O. The van der Waals surface area contributed by atoms with Crippen LogP contribution in [0.15, 0.2) is 72.1 Å². The van der Waals surface area contributed by atoms with Crippen molar-refractivity contribution in [3.05, 3.63) is 72.7 Å². The number of allylic oxidation sites excluding steroid dienone is 3. The Kier molecular flexibility index (Phi) is 7.25. The Balaban J connectivity index is 3.10. The zero-order chi connectivity index (χ0) is 18.1. The zero-order valence-corrected chi connectivity index (χ0v) is 14.7. The van der Waals surface area contributed by atoms with Crippen LogP contribution in [-0.4, -0.2) is 24.8 Å². The molecule has 0 aromatic heterocycles. The van der Waals surface area contributed by atoms with Crippen LogP contribution in [0.1, 0.15) is 19.4 Å². The van der Waals surface area contributed by atoms with E-state index in [4.69, 9.17) is 10.00 Å². The molecule has 0 atom stereocenters. The lowest BCUT2D eigenvalue weighted by Crippen LogP contribution is -2.08. The van der Waals surface area contributed by atoms with Crippen LogP contribution in [0.4, 0.5) is 5.69 Å². The molecule has 0 fully saturated rings. The Morgan fingerprint density at radius 3 is 2.58 bits per heavy atom. The predicted octanol–water partition coefficient (Wildman–Crippen LogP) is 4.83. The highest BCUT2D eigenvalue weighted by molar-refractivity contribution is 5.98. The number of nitrogens with zero attached hydrogens (tertiary/aromatic N) is 3. The monoisotopic (exact) mass is 321 g/mol. The number of rotatable bonds is 7. The molecule has 1 aromatic carbocycles. The lowest BCUT2D eigenvalue weighted by molar-refractivity contribution is 0.303. The smallest absolute Gasteiger partial charge is 0.121 e. The first-order valence-corrected chi connectivity index (χ1v) is 7.46. The fraction of sp³-hybridized carbons (Fsp3) is 0.200. The molecule has 0 unspecified atom stereocenters. The van der Waals surface area contributed by atoms with Crippen molar-refractivity contribution < 1.29 is 4.74 Å². The van der Waals surface area contributed by atoms with Gasteiger partial charge in [0.2, 0.25) is 0 Å². The Labute approximate surface area is 144 Å². The molecule has 0 heterocycles. The van der Waals surface area contributed by atoms with Gasteiger partial charge in [-0.25, -0.2) is 4.99 Å². The normalized spacial score (nSPS) is 12.4. The lowest BCUT2D eigenvalue weighted by atomic mass is 10.1. The average Bonchev–Trinajstić information content (AvgIpc) is 2.60. The molecule has 124 valence electrons. The number of ether oxygens (including phenoxy) is 1. The molecule has 0 saturated heterocycles. The molecule has 4 heteroatoms. The molecule has 4 nitrogen and oxygen atoms in total. The van der Waals surface area contributed by atoms with Crippen molar-refractivity contribution >= 4 is 17.1 Å². The maximum atomic E-state index is 8.93. The maximum Gasteiger partial charge on any atom is 0.121 e. The third-order valence-corrected chi connectivity index (χ3v) is 3.43. The Morgan fingerprint density at radius 2 is 2.00 bits per heavy atom. The van der Waals surface area contributed by atoms with E-state index in [9.17, 15) is 0 Å². The predicted molar refractivity (Wildman–Crippen MR) is 101 cm³/mol. The highest BCUT2D eigenvalue weighted by Crippen LogP contribution is 2.27. The van der Waals surface area contributed by atoms with Crippen LogP contribution in [0.2, 0.25) is 0 Å². The summed E-state index contributed by atoms with van der Waals surface area (Å²) in [4.78, 5) is 6.23. The largest absolute Gasteiger partial charge is 0.497 e. The molecule has 0 bridgehead atoms. The third kappa shape index (κ3) is 4.99. The summed E-state index contributed by atoms with van der Waals surface area (Å²) < 4.78 is 5.23. The van der Waals surface area contributed by atoms with Gasteiger partial charge in [-0.05, 0) is 37.6 Å². The molecule has 0 spiro atoms. The maximum absolute atomic E-state index is 8.93. The SMILES string of the molecule is C=C/C(OC)=C(C)\C=C\N(C)C(=C)c1ccccc1N=C(C)C#N. The summed E-state index contributed by atoms with van der Waals surface area (Å²) in [6.07, 6.45) is 5.50. The minimum Gasteiger partial charge on any atom is -0.497 e. The van der Waals surface area contributed by atoms with Crippen molar-refractivity contribution in [1.82, 2.24) is 4.90 Å². The lowest BCUT2D eigenvalue weighted by Gasteiger charge is -2.19. The number of aliphatic imine (C=N–C) groups is 1. The molecule has 0 radical (unpaired) electrons. The van der Waals surface area contributed by atoms with Crippen LogP contribution >= 0.6 is 0 Å². The highest BCUT2D eigenvalue weighted by atomic mass is 16.5. The third-order valence-electron chi connectivity index (χ3n) is 3.43. The molecule has 0 aliphatic carbocycles. The molecule has 0 aliphatic rings. The topological polar surface area (TPSA) is 48.6 Å². The number of benzene rings is 1. The second kappa shape index (κ2) is 9.16. The van der Waals surface area contributed by atoms with Crippen LogP contribution in [0, 0.1) is 11.3 Å². The molecule has 0 N–H and O–H groups in total. The van der Waals surface area contributed by atoms with Gasteiger partial charge in [0, 0.05) is 24.5 Å². The van der Waals surface area contributed by atoms with Gasteiger partial charge in [0.25, 0.3) is 0 Å². The molecule has 1 rings (SSSR count). The van der Waals surface area contributed by atoms with E-state index in [2.05, 4.69) is 18.2 Å². The fourth-order valence-corrected chi connectivity index (χ4v) is 2.01. The highest BCUT2D eigenvalue weighted by Gasteiger charge is 2.08. The van der Waals surface area contributed by atoms with Gasteiger partial charge in [0.15, 0.2) is 0 Å². The Morgan fingerprint density at radius 1 is 1.33 bits per heavy atom. The van der Waals surface area contributed by atoms with Gasteiger partial charge >= 0.3 is 0 Å². The van der Waals surface area contributed by atoms with Gasteiger partial charge in [0.05, 0.1) is 12.8 Å². The molecular weight excluding hydrogens is 298 g/mol. The summed E-state index contributed by atoms with van der Waals surface area (Å²) >= 11 is 0. The molecule has 0 aliphatic heterocycles. The average molecular weight is 321 g/mol. The van der Waals surface area contributed by atoms with Crippen LogP contribution in [0.5, 0.6) is 0 Å². The Bertz CT molecular complexity index is 748. The first kappa shape index (κ1) is 19.0. The van der Waals surface area contributed by atoms with Crippen LogP contribution in [0.3, 0.4) is 0 Å². The van der Waals surface area contributed by atoms with Gasteiger partial charge < -0.3 is 9.64 Å². The zero-order valence-electron chi connectivity index (χ0n) is 14.7. The fourth-order valence-electron chi connectivity index (χ4n) is 2.01. The summed E-state index contributed by atoms with van der Waals surface area (Å²) in [7, 11) is 3.52. The van der Waals surface area contributed by atoms with Crippen LogP contribution in [0.25, 0.3) is 5.70 Å². The number of methoxy groups -OCH3 is 1. The molecule has 0 saturated carbocycles. The van der Waals surface area contributed by atoms with E-state index >= 15 is 0 Å². The number of hydrogen-bond donors (Lipinski definition) is 0. The summed E-state index contributed by atoms with van der Waals surface area (Å²) in [5.74, 6) is 0.722. The van der Waals surface area contributed by atoms with E-state index in [1.54, 1.807) is 20.1 Å². The quantitative estimate of drug-likeness (QED) is 0.411. The summed E-state index contributed by atoms with van der Waals surface area (Å²) in [6.45, 7) is 11.5. The first-order valence-electron chi connectivity index (χ1n) is 7.46. The number of para-hydroxylation sites is 1. The van der Waals surface area contributed by atoms with Crippen molar-refractivity contribution in [2.75, 3.05) is 14.2 Å². The molecule has 1 aromatic rings. The van der Waals surface area contributed by atoms with Crippen molar-refractivity contribution in [2.45, 2.75) is 13.8 Å². The van der Waals surface area contributed by atoms with Gasteiger partial charge in [0.1, 0.15) is 17.5 Å². The summed E-state index contributed by atoms with van der Waals surface area (Å²) in [5, 5.41) is 8.93. The standard InChI is InChI=1S/C20H23N3O/c1-7-20(24-6)15(2)12-13-23(5)17(4)18-10-8-9-11-19(18)22-16(3)14-21/h7-13H,1,4H2,2-3,5-6H3/b13-12+,20-15+,22-16?. The minimum atomic E-state index is 0.406. The molecule has 0 amide bonds. The first-order chi connectivity index (χ1) is 11.4. The van der Waals surface area contributed by atoms with E-state index in [1.807, 2.05) is 61.5 Å². The van der Waals surface area contributed by atoms with Gasteiger partial charge in [-0.2, -0.15) is 5.26 Å². The number of nitriles is 1. The summed E-state index contributed by atoms with van der Waals surface area (Å²) in [6, 6.07) is 9.65. The van der Waals surface area contributed by atoms with Crippen LogP contribution < -0.4 is 0 Å². The van der Waals surface area contributed by atoms with Gasteiger partial charge in [-0.1, -0.05) is 31.4 Å². The Hall–Kier alpha value is -3.06. The van der Waals surface area contributed by atoms with Crippen molar-refractivity contribution in [3.63, 3.8) is 0 Å². The minimum absolute atomic E-state index is 0.406. The van der Waals surface area contributed by atoms with E-state index in [0.29, 0.717) is 5.71 Å².